The van der Waals surface area contributed by atoms with Gasteiger partial charge in [0, 0.05) is 24.6 Å². The van der Waals surface area contributed by atoms with Crippen LogP contribution in [0.4, 0.5) is 5.95 Å². The van der Waals surface area contributed by atoms with Crippen LogP contribution in [0, 0.1) is 5.41 Å². The molecule has 0 aliphatic carbocycles. The molecule has 2 N–H and O–H groups in total. The van der Waals surface area contributed by atoms with Crippen molar-refractivity contribution >= 4 is 23.4 Å². The molecule has 2 aromatic rings. The van der Waals surface area contributed by atoms with Crippen LogP contribution in [0.15, 0.2) is 24.4 Å². The summed E-state index contributed by atoms with van der Waals surface area (Å²) in [4.78, 5) is 23.6. The molecule has 2 heterocycles. The van der Waals surface area contributed by atoms with Gasteiger partial charge in [0.25, 0.3) is 0 Å². The van der Waals surface area contributed by atoms with Gasteiger partial charge in [0.1, 0.15) is 0 Å². The number of fused-ring (bicyclic) bond motifs is 1. The number of hydrogen-bond acceptors (Lipinski definition) is 4. The molecule has 0 aliphatic rings. The third-order valence-corrected chi connectivity index (χ3v) is 3.11. The first-order chi connectivity index (χ1) is 10.4. The first-order valence-corrected chi connectivity index (χ1v) is 7.26. The van der Waals surface area contributed by atoms with E-state index in [2.05, 4.69) is 20.8 Å². The zero-order valence-electron chi connectivity index (χ0n) is 13.1. The minimum Gasteiger partial charge on any atom is -0.356 e. The lowest BCUT2D eigenvalue weighted by molar-refractivity contribution is -0.128. The van der Waals surface area contributed by atoms with E-state index >= 15 is 0 Å². The third-order valence-electron chi connectivity index (χ3n) is 3.11. The molecule has 0 bridgehead atoms. The SMILES string of the molecule is CC(C)(C)C(=O)NCCCC(=O)Nc1nnc2ccccn12. The lowest BCUT2D eigenvalue weighted by Gasteiger charge is -2.17. The molecule has 22 heavy (non-hydrogen) atoms. The van der Waals surface area contributed by atoms with Gasteiger partial charge < -0.3 is 5.32 Å². The van der Waals surface area contributed by atoms with Crippen molar-refractivity contribution in [3.8, 4) is 0 Å². The average Bonchev–Trinajstić information content (AvgIpc) is 2.86. The van der Waals surface area contributed by atoms with Gasteiger partial charge in [0.2, 0.25) is 17.8 Å². The van der Waals surface area contributed by atoms with E-state index < -0.39 is 5.41 Å². The molecular weight excluding hydrogens is 282 g/mol. The highest BCUT2D eigenvalue weighted by Crippen LogP contribution is 2.12. The molecule has 0 unspecified atom stereocenters. The van der Waals surface area contributed by atoms with Crippen molar-refractivity contribution in [2.24, 2.45) is 5.41 Å². The molecule has 0 aliphatic heterocycles. The number of anilines is 1. The normalized spacial score (nSPS) is 11.4. The van der Waals surface area contributed by atoms with Gasteiger partial charge in [-0.3, -0.25) is 19.3 Å². The van der Waals surface area contributed by atoms with E-state index in [1.54, 1.807) is 10.6 Å². The average molecular weight is 303 g/mol. The van der Waals surface area contributed by atoms with Gasteiger partial charge in [-0.25, -0.2) is 0 Å². The molecule has 7 nitrogen and oxygen atoms in total. The summed E-state index contributed by atoms with van der Waals surface area (Å²) in [5, 5.41) is 13.4. The lowest BCUT2D eigenvalue weighted by Crippen LogP contribution is -2.35. The van der Waals surface area contributed by atoms with E-state index in [-0.39, 0.29) is 11.8 Å². The van der Waals surface area contributed by atoms with Crippen LogP contribution >= 0.6 is 0 Å². The smallest absolute Gasteiger partial charge is 0.235 e. The molecule has 0 aromatic carbocycles. The van der Waals surface area contributed by atoms with E-state index in [1.165, 1.54) is 0 Å². The lowest BCUT2D eigenvalue weighted by atomic mass is 9.96. The summed E-state index contributed by atoms with van der Waals surface area (Å²) in [5.74, 6) is 0.235. The molecule has 0 atom stereocenters. The van der Waals surface area contributed by atoms with Gasteiger partial charge in [0.05, 0.1) is 0 Å². The highest BCUT2D eigenvalue weighted by Gasteiger charge is 2.20. The van der Waals surface area contributed by atoms with Gasteiger partial charge >= 0.3 is 0 Å². The van der Waals surface area contributed by atoms with Crippen molar-refractivity contribution in [1.82, 2.24) is 19.9 Å². The summed E-state index contributed by atoms with van der Waals surface area (Å²) < 4.78 is 1.71. The first-order valence-electron chi connectivity index (χ1n) is 7.26. The van der Waals surface area contributed by atoms with Crippen LogP contribution in [0.2, 0.25) is 0 Å². The molecule has 7 heteroatoms. The summed E-state index contributed by atoms with van der Waals surface area (Å²) in [6.45, 7) is 6.03. The van der Waals surface area contributed by atoms with Crippen molar-refractivity contribution < 1.29 is 9.59 Å². The van der Waals surface area contributed by atoms with Crippen molar-refractivity contribution in [2.75, 3.05) is 11.9 Å². The second-order valence-electron chi connectivity index (χ2n) is 6.11. The van der Waals surface area contributed by atoms with E-state index in [0.29, 0.717) is 31.0 Å². The van der Waals surface area contributed by atoms with Gasteiger partial charge in [0.15, 0.2) is 5.65 Å². The highest BCUT2D eigenvalue weighted by atomic mass is 16.2. The quantitative estimate of drug-likeness (QED) is 0.821. The van der Waals surface area contributed by atoms with E-state index in [0.717, 1.165) is 0 Å². The highest BCUT2D eigenvalue weighted by molar-refractivity contribution is 5.89. The molecule has 0 radical (unpaired) electrons. The summed E-state index contributed by atoms with van der Waals surface area (Å²) in [6, 6.07) is 5.51. The Labute approximate surface area is 129 Å². The third kappa shape index (κ3) is 4.03. The molecule has 0 saturated carbocycles. The van der Waals surface area contributed by atoms with Crippen molar-refractivity contribution in [3.63, 3.8) is 0 Å². The second kappa shape index (κ2) is 6.55. The van der Waals surface area contributed by atoms with Crippen LogP contribution in [-0.2, 0) is 9.59 Å². The Morgan fingerprint density at radius 3 is 2.73 bits per heavy atom. The molecule has 0 fully saturated rings. The van der Waals surface area contributed by atoms with Crippen molar-refractivity contribution in [3.05, 3.63) is 24.4 Å². The minimum atomic E-state index is -0.414. The Bertz CT molecular complexity index is 672. The summed E-state index contributed by atoms with van der Waals surface area (Å²) in [6.07, 6.45) is 2.67. The van der Waals surface area contributed by atoms with Crippen molar-refractivity contribution in [2.45, 2.75) is 33.6 Å². The van der Waals surface area contributed by atoms with Crippen molar-refractivity contribution in [1.29, 1.82) is 0 Å². The number of nitrogens with zero attached hydrogens (tertiary/aromatic N) is 3. The van der Waals surface area contributed by atoms with Crippen LogP contribution < -0.4 is 10.6 Å². The van der Waals surface area contributed by atoms with Gasteiger partial charge in [-0.1, -0.05) is 26.8 Å². The Morgan fingerprint density at radius 2 is 2.00 bits per heavy atom. The first kappa shape index (κ1) is 15.9. The molecule has 0 saturated heterocycles. The Kier molecular flexibility index (Phi) is 4.75. The van der Waals surface area contributed by atoms with E-state index in [4.69, 9.17) is 0 Å². The predicted molar refractivity (Wildman–Crippen MR) is 83.3 cm³/mol. The Morgan fingerprint density at radius 1 is 1.23 bits per heavy atom. The van der Waals surface area contributed by atoms with Crippen LogP contribution in [0.3, 0.4) is 0 Å². The topological polar surface area (TPSA) is 88.4 Å². The van der Waals surface area contributed by atoms with Crippen LogP contribution in [0.1, 0.15) is 33.6 Å². The molecule has 0 spiro atoms. The maximum absolute atomic E-state index is 11.9. The molecule has 2 aromatic heterocycles. The van der Waals surface area contributed by atoms with Crippen LogP contribution in [-0.4, -0.2) is 33.0 Å². The fourth-order valence-corrected chi connectivity index (χ4v) is 1.83. The number of carbonyl (C=O) groups is 2. The number of carbonyl (C=O) groups excluding carboxylic acids is 2. The maximum Gasteiger partial charge on any atom is 0.235 e. The van der Waals surface area contributed by atoms with Gasteiger partial charge in [-0.15, -0.1) is 10.2 Å². The molecular formula is C15H21N5O2. The molecule has 2 rings (SSSR count). The fourth-order valence-electron chi connectivity index (χ4n) is 1.83. The van der Waals surface area contributed by atoms with Gasteiger partial charge in [-0.2, -0.15) is 0 Å². The molecule has 2 amide bonds. The number of nitrogens with one attached hydrogen (secondary N) is 2. The van der Waals surface area contributed by atoms with Crippen LogP contribution in [0.5, 0.6) is 0 Å². The van der Waals surface area contributed by atoms with Crippen LogP contribution in [0.25, 0.3) is 5.65 Å². The number of rotatable bonds is 5. The second-order valence-corrected chi connectivity index (χ2v) is 6.11. The Balaban J connectivity index is 1.78. The number of amides is 2. The largest absolute Gasteiger partial charge is 0.356 e. The molecule has 118 valence electrons. The number of hydrogen-bond donors (Lipinski definition) is 2. The summed E-state index contributed by atoms with van der Waals surface area (Å²) >= 11 is 0. The zero-order valence-corrected chi connectivity index (χ0v) is 13.1. The zero-order chi connectivity index (χ0) is 16.2. The Hall–Kier alpha value is -2.44. The summed E-state index contributed by atoms with van der Waals surface area (Å²) in [5.41, 5.74) is 0.262. The maximum atomic E-state index is 11.9. The standard InChI is InChI=1S/C15H21N5O2/c1-15(2,3)13(22)16-9-6-8-12(21)17-14-19-18-11-7-4-5-10-20(11)14/h4-5,7,10H,6,8-9H2,1-3H3,(H,16,22)(H,17,19,21). The predicted octanol–water partition coefficient (Wildman–Crippen LogP) is 1.61. The summed E-state index contributed by atoms with van der Waals surface area (Å²) in [7, 11) is 0. The monoisotopic (exact) mass is 303 g/mol. The fraction of sp³-hybridized carbons (Fsp3) is 0.467. The van der Waals surface area contributed by atoms with Gasteiger partial charge in [-0.05, 0) is 18.6 Å². The number of pyridine rings is 1. The minimum absolute atomic E-state index is 0.0173. The number of aromatic nitrogens is 3. The van der Waals surface area contributed by atoms with E-state index in [9.17, 15) is 9.59 Å². The van der Waals surface area contributed by atoms with E-state index in [1.807, 2.05) is 39.0 Å².